The number of nitrogens with zero attached hydrogens (tertiary/aromatic N) is 3. The fourth-order valence-electron chi connectivity index (χ4n) is 1.58. The maximum atomic E-state index is 8.87. The van der Waals surface area contributed by atoms with E-state index in [-0.39, 0.29) is 0 Å². The largest absolute Gasteiger partial charge is 0.357 e. The van der Waals surface area contributed by atoms with Gasteiger partial charge in [-0.3, -0.25) is 0 Å². The number of hydrogen-bond acceptors (Lipinski definition) is 3. The molecule has 0 aliphatic heterocycles. The van der Waals surface area contributed by atoms with Crippen LogP contribution in [0.4, 0.5) is 5.82 Å². The second-order valence-electron chi connectivity index (χ2n) is 3.55. The van der Waals surface area contributed by atoms with Crippen molar-refractivity contribution >= 4 is 5.82 Å². The Balaban J connectivity index is 3.02. The summed E-state index contributed by atoms with van der Waals surface area (Å²) in [7, 11) is 0. The van der Waals surface area contributed by atoms with Crippen LogP contribution >= 0.6 is 0 Å². The molecule has 0 saturated heterocycles. The lowest BCUT2D eigenvalue weighted by molar-refractivity contribution is 0.776. The van der Waals surface area contributed by atoms with Crippen LogP contribution in [0.5, 0.6) is 0 Å². The molecule has 0 aliphatic rings. The maximum Gasteiger partial charge on any atom is 0.130 e. The van der Waals surface area contributed by atoms with Crippen molar-refractivity contribution < 1.29 is 0 Å². The smallest absolute Gasteiger partial charge is 0.130 e. The van der Waals surface area contributed by atoms with Gasteiger partial charge in [0, 0.05) is 18.8 Å². The molecule has 0 radical (unpaired) electrons. The lowest BCUT2D eigenvalue weighted by atomic mass is 10.2. The van der Waals surface area contributed by atoms with E-state index in [9.17, 15) is 0 Å². The number of nitriles is 1. The summed E-state index contributed by atoms with van der Waals surface area (Å²) in [4.78, 5) is 6.63. The average molecular weight is 203 g/mol. The minimum atomic E-state index is 0.687. The van der Waals surface area contributed by atoms with Crippen molar-refractivity contribution in [3.05, 3.63) is 23.4 Å². The Labute approximate surface area is 91.4 Å². The zero-order chi connectivity index (χ0) is 11.3. The molecule has 3 heteroatoms. The van der Waals surface area contributed by atoms with E-state index in [1.807, 2.05) is 19.1 Å². The Morgan fingerprint density at radius 3 is 2.67 bits per heavy atom. The molecule has 80 valence electrons. The summed E-state index contributed by atoms with van der Waals surface area (Å²) in [6.45, 7) is 8.08. The van der Waals surface area contributed by atoms with E-state index in [0.29, 0.717) is 5.56 Å². The molecule has 0 aliphatic carbocycles. The number of anilines is 1. The Hall–Kier alpha value is -1.56. The lowest BCUT2D eigenvalue weighted by Crippen LogP contribution is -2.24. The number of hydrogen-bond donors (Lipinski definition) is 0. The molecule has 0 N–H and O–H groups in total. The van der Waals surface area contributed by atoms with Crippen LogP contribution in [0.3, 0.4) is 0 Å². The van der Waals surface area contributed by atoms with Crippen molar-refractivity contribution in [1.82, 2.24) is 4.98 Å². The Kier molecular flexibility index (Phi) is 4.11. The van der Waals surface area contributed by atoms with E-state index in [2.05, 4.69) is 29.8 Å². The molecule has 0 unspecified atom stereocenters. The van der Waals surface area contributed by atoms with Gasteiger partial charge in [-0.2, -0.15) is 5.26 Å². The highest BCUT2D eigenvalue weighted by atomic mass is 15.2. The molecule has 0 bridgehead atoms. The van der Waals surface area contributed by atoms with Gasteiger partial charge in [-0.25, -0.2) is 4.98 Å². The van der Waals surface area contributed by atoms with Crippen LogP contribution in [0.15, 0.2) is 12.1 Å². The van der Waals surface area contributed by atoms with Crippen LogP contribution in [-0.2, 0) is 0 Å². The zero-order valence-electron chi connectivity index (χ0n) is 9.62. The molecular weight excluding hydrogens is 186 g/mol. The van der Waals surface area contributed by atoms with E-state index in [0.717, 1.165) is 31.0 Å². The SMILES string of the molecule is CCCN(CC)c1cc(C#N)cc(C)n1. The molecule has 0 aromatic carbocycles. The fourth-order valence-corrected chi connectivity index (χ4v) is 1.58. The standard InChI is InChI=1S/C12H17N3/c1-4-6-15(5-2)12-8-11(9-13)7-10(3)14-12/h7-8H,4-6H2,1-3H3. The quantitative estimate of drug-likeness (QED) is 0.754. The van der Waals surface area contributed by atoms with Crippen molar-refractivity contribution in [2.45, 2.75) is 27.2 Å². The summed E-state index contributed by atoms with van der Waals surface area (Å²) in [5, 5.41) is 8.87. The van der Waals surface area contributed by atoms with E-state index in [1.165, 1.54) is 0 Å². The number of rotatable bonds is 4. The van der Waals surface area contributed by atoms with Gasteiger partial charge >= 0.3 is 0 Å². The summed E-state index contributed by atoms with van der Waals surface area (Å²) in [6.07, 6.45) is 1.09. The predicted molar refractivity (Wildman–Crippen MR) is 61.9 cm³/mol. The van der Waals surface area contributed by atoms with Gasteiger partial charge in [-0.05, 0) is 32.4 Å². The van der Waals surface area contributed by atoms with Crippen molar-refractivity contribution in [2.75, 3.05) is 18.0 Å². The monoisotopic (exact) mass is 203 g/mol. The summed E-state index contributed by atoms with van der Waals surface area (Å²) >= 11 is 0. The molecule has 1 heterocycles. The van der Waals surface area contributed by atoms with Gasteiger partial charge in [0.05, 0.1) is 11.6 Å². The van der Waals surface area contributed by atoms with Gasteiger partial charge in [-0.15, -0.1) is 0 Å². The topological polar surface area (TPSA) is 39.9 Å². The molecule has 0 spiro atoms. The first-order chi connectivity index (χ1) is 7.21. The van der Waals surface area contributed by atoms with E-state index in [4.69, 9.17) is 5.26 Å². The van der Waals surface area contributed by atoms with Crippen LogP contribution in [0, 0.1) is 18.3 Å². The average Bonchev–Trinajstić information content (AvgIpc) is 2.24. The molecule has 1 aromatic rings. The van der Waals surface area contributed by atoms with Gasteiger partial charge in [0.2, 0.25) is 0 Å². The number of pyridine rings is 1. The van der Waals surface area contributed by atoms with Crippen molar-refractivity contribution in [3.8, 4) is 6.07 Å². The molecule has 0 atom stereocenters. The van der Waals surface area contributed by atoms with Gasteiger partial charge < -0.3 is 4.90 Å². The predicted octanol–water partition coefficient (Wildman–Crippen LogP) is 2.50. The first kappa shape index (κ1) is 11.5. The third-order valence-electron chi connectivity index (χ3n) is 2.27. The van der Waals surface area contributed by atoms with Crippen molar-refractivity contribution in [2.24, 2.45) is 0 Å². The summed E-state index contributed by atoms with van der Waals surface area (Å²) in [5.74, 6) is 0.913. The van der Waals surface area contributed by atoms with Gasteiger partial charge in [0.15, 0.2) is 0 Å². The Bertz CT molecular complexity index is 366. The van der Waals surface area contributed by atoms with Crippen molar-refractivity contribution in [1.29, 1.82) is 5.26 Å². The zero-order valence-corrected chi connectivity index (χ0v) is 9.62. The molecule has 15 heavy (non-hydrogen) atoms. The van der Waals surface area contributed by atoms with Crippen LogP contribution in [0.25, 0.3) is 0 Å². The molecular formula is C12H17N3. The number of aromatic nitrogens is 1. The fraction of sp³-hybridized carbons (Fsp3) is 0.500. The molecule has 1 aromatic heterocycles. The second kappa shape index (κ2) is 5.35. The number of aryl methyl sites for hydroxylation is 1. The highest BCUT2D eigenvalue weighted by Crippen LogP contribution is 2.14. The van der Waals surface area contributed by atoms with Gasteiger partial charge in [-0.1, -0.05) is 6.92 Å². The normalized spacial score (nSPS) is 9.73. The Morgan fingerprint density at radius 2 is 2.13 bits per heavy atom. The van der Waals surface area contributed by atoms with Gasteiger partial charge in [0.1, 0.15) is 5.82 Å². The summed E-state index contributed by atoms with van der Waals surface area (Å²) in [6, 6.07) is 5.82. The molecule has 0 fully saturated rings. The minimum Gasteiger partial charge on any atom is -0.357 e. The van der Waals surface area contributed by atoms with E-state index in [1.54, 1.807) is 0 Å². The van der Waals surface area contributed by atoms with Gasteiger partial charge in [0.25, 0.3) is 0 Å². The third kappa shape index (κ3) is 2.95. The molecule has 3 nitrogen and oxygen atoms in total. The van der Waals surface area contributed by atoms with E-state index >= 15 is 0 Å². The van der Waals surface area contributed by atoms with Crippen LogP contribution in [0.1, 0.15) is 31.5 Å². The minimum absolute atomic E-state index is 0.687. The summed E-state index contributed by atoms with van der Waals surface area (Å²) < 4.78 is 0. The summed E-state index contributed by atoms with van der Waals surface area (Å²) in [5.41, 5.74) is 1.59. The van der Waals surface area contributed by atoms with Crippen LogP contribution < -0.4 is 4.90 Å². The second-order valence-corrected chi connectivity index (χ2v) is 3.55. The first-order valence-electron chi connectivity index (χ1n) is 5.35. The Morgan fingerprint density at radius 1 is 1.40 bits per heavy atom. The highest BCUT2D eigenvalue weighted by Gasteiger charge is 2.06. The molecule has 0 amide bonds. The highest BCUT2D eigenvalue weighted by molar-refractivity contribution is 5.46. The molecule has 0 saturated carbocycles. The maximum absolute atomic E-state index is 8.87. The van der Waals surface area contributed by atoms with Crippen LogP contribution in [0.2, 0.25) is 0 Å². The van der Waals surface area contributed by atoms with Crippen molar-refractivity contribution in [3.63, 3.8) is 0 Å². The third-order valence-corrected chi connectivity index (χ3v) is 2.27. The van der Waals surface area contributed by atoms with E-state index < -0.39 is 0 Å². The van der Waals surface area contributed by atoms with Crippen LogP contribution in [-0.4, -0.2) is 18.1 Å². The molecule has 1 rings (SSSR count). The lowest BCUT2D eigenvalue weighted by Gasteiger charge is -2.21. The first-order valence-corrected chi connectivity index (χ1v) is 5.35.